The van der Waals surface area contributed by atoms with Gasteiger partial charge in [-0.25, -0.2) is 0 Å². The van der Waals surface area contributed by atoms with Crippen LogP contribution in [0.4, 0.5) is 5.69 Å². The van der Waals surface area contributed by atoms with Crippen molar-refractivity contribution in [2.45, 2.75) is 6.42 Å². The minimum absolute atomic E-state index is 0.238. The van der Waals surface area contributed by atoms with Crippen LogP contribution in [0.1, 0.15) is 16.7 Å². The van der Waals surface area contributed by atoms with Crippen LogP contribution in [0.5, 0.6) is 5.75 Å². The number of rotatable bonds is 2. The maximum Gasteiger partial charge on any atom is 0.128 e. The van der Waals surface area contributed by atoms with Crippen LogP contribution >= 0.6 is 0 Å². The molecule has 0 aliphatic carbocycles. The molecule has 0 saturated heterocycles. The quantitative estimate of drug-likeness (QED) is 0.609. The lowest BCUT2D eigenvalue weighted by Crippen LogP contribution is -2.43. The van der Waals surface area contributed by atoms with Gasteiger partial charge in [-0.2, -0.15) is 0 Å². The number of nitrogens with zero attached hydrogens (tertiary/aromatic N) is 1. The molecule has 3 aromatic carbocycles. The van der Waals surface area contributed by atoms with E-state index in [9.17, 15) is 0 Å². The lowest BCUT2D eigenvalue weighted by atomic mass is 9.71. The maximum absolute atomic E-state index is 6.17. The van der Waals surface area contributed by atoms with E-state index in [-0.39, 0.29) is 5.41 Å². The zero-order chi connectivity index (χ0) is 17.4. The molecular formula is C24H19NO. The van der Waals surface area contributed by atoms with Crippen molar-refractivity contribution >= 4 is 17.5 Å². The first-order valence-corrected chi connectivity index (χ1v) is 8.98. The number of aliphatic imine (C=N–C) groups is 1. The third kappa shape index (κ3) is 2.46. The highest BCUT2D eigenvalue weighted by Gasteiger charge is 2.42. The Morgan fingerprint density at radius 1 is 0.846 bits per heavy atom. The van der Waals surface area contributed by atoms with E-state index in [4.69, 9.17) is 9.73 Å². The molecule has 3 aromatic rings. The normalized spacial score (nSPS) is 20.5. The molecule has 0 radical (unpaired) electrons. The van der Waals surface area contributed by atoms with E-state index in [0.717, 1.165) is 29.1 Å². The Hall–Kier alpha value is -3.13. The molecule has 2 aliphatic heterocycles. The predicted molar refractivity (Wildman–Crippen MR) is 106 cm³/mol. The van der Waals surface area contributed by atoms with Gasteiger partial charge in [-0.15, -0.1) is 0 Å². The van der Waals surface area contributed by atoms with Crippen molar-refractivity contribution in [3.8, 4) is 5.75 Å². The van der Waals surface area contributed by atoms with Gasteiger partial charge in [0.05, 0.1) is 16.8 Å². The van der Waals surface area contributed by atoms with Crippen molar-refractivity contribution in [2.75, 3.05) is 6.61 Å². The van der Waals surface area contributed by atoms with Gasteiger partial charge in [0.25, 0.3) is 0 Å². The first-order valence-electron chi connectivity index (χ1n) is 8.98. The minimum atomic E-state index is -0.238. The van der Waals surface area contributed by atoms with Crippen LogP contribution in [0.15, 0.2) is 89.9 Å². The monoisotopic (exact) mass is 337 g/mol. The second-order valence-corrected chi connectivity index (χ2v) is 6.95. The minimum Gasteiger partial charge on any atom is -0.492 e. The van der Waals surface area contributed by atoms with Gasteiger partial charge in [0.15, 0.2) is 0 Å². The summed E-state index contributed by atoms with van der Waals surface area (Å²) < 4.78 is 6.17. The van der Waals surface area contributed by atoms with E-state index in [1.807, 2.05) is 18.2 Å². The van der Waals surface area contributed by atoms with Crippen molar-refractivity contribution in [1.29, 1.82) is 0 Å². The first kappa shape index (κ1) is 15.2. The highest BCUT2D eigenvalue weighted by Crippen LogP contribution is 2.44. The van der Waals surface area contributed by atoms with Crippen molar-refractivity contribution < 1.29 is 4.74 Å². The van der Waals surface area contributed by atoms with E-state index < -0.39 is 0 Å². The van der Waals surface area contributed by atoms with Crippen molar-refractivity contribution in [3.63, 3.8) is 0 Å². The van der Waals surface area contributed by atoms with Gasteiger partial charge < -0.3 is 4.74 Å². The van der Waals surface area contributed by atoms with Gasteiger partial charge in [-0.05, 0) is 35.7 Å². The summed E-state index contributed by atoms with van der Waals surface area (Å²) in [5.41, 5.74) is 5.52. The summed E-state index contributed by atoms with van der Waals surface area (Å²) >= 11 is 0. The Kier molecular flexibility index (Phi) is 3.49. The third-order valence-electron chi connectivity index (χ3n) is 5.22. The Labute approximate surface area is 153 Å². The van der Waals surface area contributed by atoms with E-state index in [2.05, 4.69) is 72.8 Å². The number of ether oxygens (including phenoxy) is 1. The topological polar surface area (TPSA) is 21.6 Å². The van der Waals surface area contributed by atoms with E-state index in [1.54, 1.807) is 0 Å². The predicted octanol–water partition coefficient (Wildman–Crippen LogP) is 5.46. The summed E-state index contributed by atoms with van der Waals surface area (Å²) in [5.74, 6) is 0.925. The van der Waals surface area contributed by atoms with Gasteiger partial charge in [-0.3, -0.25) is 4.99 Å². The summed E-state index contributed by atoms with van der Waals surface area (Å²) in [6.45, 7) is 0.612. The lowest BCUT2D eigenvalue weighted by molar-refractivity contribution is 0.229. The second-order valence-electron chi connectivity index (χ2n) is 6.95. The van der Waals surface area contributed by atoms with Crippen LogP contribution in [0.2, 0.25) is 0 Å². The Morgan fingerprint density at radius 2 is 1.62 bits per heavy atom. The fourth-order valence-electron chi connectivity index (χ4n) is 3.87. The molecule has 1 atom stereocenters. The molecule has 2 heterocycles. The molecule has 126 valence electrons. The van der Waals surface area contributed by atoms with E-state index in [1.165, 1.54) is 11.1 Å². The number of para-hydroxylation sites is 2. The molecule has 0 unspecified atom stereocenters. The summed E-state index contributed by atoms with van der Waals surface area (Å²) in [5, 5.41) is 0. The van der Waals surface area contributed by atoms with Gasteiger partial charge in [0, 0.05) is 5.56 Å². The molecule has 0 bridgehead atoms. The summed E-state index contributed by atoms with van der Waals surface area (Å²) in [6, 6.07) is 27.1. The van der Waals surface area contributed by atoms with Gasteiger partial charge >= 0.3 is 0 Å². The summed E-state index contributed by atoms with van der Waals surface area (Å²) in [7, 11) is 0. The standard InChI is InChI=1S/C24H19NO/c1-2-8-18(9-3-1)14-15-24-16-19-10-4-6-12-21(19)25-23(24)20-11-5-7-13-22(20)26-17-24/h1-15H,16-17H2/b15-14+/t24-/m0/s1. The molecule has 2 nitrogen and oxygen atoms in total. The molecule has 0 amide bonds. The zero-order valence-corrected chi connectivity index (χ0v) is 14.4. The molecule has 0 N–H and O–H groups in total. The van der Waals surface area contributed by atoms with Gasteiger partial charge in [0.2, 0.25) is 0 Å². The molecule has 26 heavy (non-hydrogen) atoms. The van der Waals surface area contributed by atoms with Crippen LogP contribution in [0.25, 0.3) is 6.08 Å². The van der Waals surface area contributed by atoms with Gasteiger partial charge in [-0.1, -0.05) is 72.8 Å². The number of hydrogen-bond donors (Lipinski definition) is 0. The number of fused-ring (bicyclic) bond motifs is 4. The fraction of sp³-hybridized carbons (Fsp3) is 0.125. The summed E-state index contributed by atoms with van der Waals surface area (Å²) in [6.07, 6.45) is 5.38. The Bertz CT molecular complexity index is 1020. The molecule has 2 aliphatic rings. The number of hydrogen-bond acceptors (Lipinski definition) is 2. The Balaban J connectivity index is 1.67. The third-order valence-corrected chi connectivity index (χ3v) is 5.22. The van der Waals surface area contributed by atoms with Crippen molar-refractivity contribution in [1.82, 2.24) is 0 Å². The summed E-state index contributed by atoms with van der Waals surface area (Å²) in [4.78, 5) is 5.08. The second kappa shape index (κ2) is 5.99. The van der Waals surface area contributed by atoms with Crippen LogP contribution < -0.4 is 4.74 Å². The van der Waals surface area contributed by atoms with Crippen LogP contribution in [0.3, 0.4) is 0 Å². The molecule has 0 spiro atoms. The van der Waals surface area contributed by atoms with Crippen LogP contribution in [-0.4, -0.2) is 12.3 Å². The van der Waals surface area contributed by atoms with Crippen LogP contribution in [0, 0.1) is 5.41 Å². The van der Waals surface area contributed by atoms with Crippen molar-refractivity contribution in [3.05, 3.63) is 102 Å². The highest BCUT2D eigenvalue weighted by molar-refractivity contribution is 6.11. The highest BCUT2D eigenvalue weighted by atomic mass is 16.5. The molecule has 0 fully saturated rings. The zero-order valence-electron chi connectivity index (χ0n) is 14.4. The molecule has 0 saturated carbocycles. The smallest absolute Gasteiger partial charge is 0.128 e. The average Bonchev–Trinajstić information content (AvgIpc) is 2.71. The fourth-order valence-corrected chi connectivity index (χ4v) is 3.87. The van der Waals surface area contributed by atoms with Crippen LogP contribution in [-0.2, 0) is 6.42 Å². The van der Waals surface area contributed by atoms with Crippen molar-refractivity contribution in [2.24, 2.45) is 10.4 Å². The molecular weight excluding hydrogens is 318 g/mol. The molecule has 5 rings (SSSR count). The number of benzene rings is 3. The SMILES string of the molecule is C(=C\[C@]12COc3ccccc3C1=Nc1ccccc1C2)/c1ccccc1. The van der Waals surface area contributed by atoms with E-state index in [0.29, 0.717) is 6.61 Å². The Morgan fingerprint density at radius 3 is 2.54 bits per heavy atom. The molecule has 0 aromatic heterocycles. The van der Waals surface area contributed by atoms with E-state index >= 15 is 0 Å². The van der Waals surface area contributed by atoms with Gasteiger partial charge in [0.1, 0.15) is 12.4 Å². The first-order chi connectivity index (χ1) is 12.8. The lowest BCUT2D eigenvalue weighted by Gasteiger charge is -2.40. The average molecular weight is 337 g/mol. The molecule has 2 heteroatoms. The maximum atomic E-state index is 6.17. The largest absolute Gasteiger partial charge is 0.492 e.